The topological polar surface area (TPSA) is 153 Å². The van der Waals surface area contributed by atoms with Gasteiger partial charge in [0.05, 0.1) is 31.5 Å². The van der Waals surface area contributed by atoms with Gasteiger partial charge >= 0.3 is 0 Å². The van der Waals surface area contributed by atoms with E-state index in [1.165, 1.54) is 18.2 Å². The van der Waals surface area contributed by atoms with E-state index in [2.05, 4.69) is 6.07 Å². The first-order valence-electron chi connectivity index (χ1n) is 11.3. The van der Waals surface area contributed by atoms with Crippen molar-refractivity contribution in [1.29, 1.82) is 5.26 Å². The van der Waals surface area contributed by atoms with Crippen LogP contribution in [-0.2, 0) is 21.7 Å². The average Bonchev–Trinajstić information content (AvgIpc) is 2.87. The van der Waals surface area contributed by atoms with Crippen LogP contribution in [0.15, 0.2) is 42.5 Å². The van der Waals surface area contributed by atoms with Crippen molar-refractivity contribution in [3.63, 3.8) is 0 Å². The summed E-state index contributed by atoms with van der Waals surface area (Å²) in [7, 11) is 0. The standard InChI is InChI=1S/C25H29NO8/c26-13-16-3-4-18(25(31)24(30)23(29)22(28)21(14-27)34-25)12-17(16)11-15-1-5-19(6-2-15)33-20-7-9-32-10-8-20/h1-6,12,20-24,27-31H,7-11,14H2/t21-,22-,23+,24-,25-/m1/s1. The van der Waals surface area contributed by atoms with Crippen LogP contribution < -0.4 is 4.74 Å². The van der Waals surface area contributed by atoms with Crippen LogP contribution >= 0.6 is 0 Å². The minimum Gasteiger partial charge on any atom is -0.490 e. The van der Waals surface area contributed by atoms with E-state index < -0.39 is 36.8 Å². The number of benzene rings is 2. The zero-order valence-corrected chi connectivity index (χ0v) is 18.6. The second kappa shape index (κ2) is 10.4. The lowest BCUT2D eigenvalue weighted by Gasteiger charge is -2.45. The molecule has 0 bridgehead atoms. The van der Waals surface area contributed by atoms with Crippen LogP contribution in [0.25, 0.3) is 0 Å². The summed E-state index contributed by atoms with van der Waals surface area (Å²) in [6.45, 7) is 0.713. The Morgan fingerprint density at radius 1 is 1.03 bits per heavy atom. The Morgan fingerprint density at radius 2 is 1.74 bits per heavy atom. The molecule has 2 aliphatic rings. The molecule has 5 atom stereocenters. The molecule has 2 saturated heterocycles. The molecule has 0 aromatic heterocycles. The third-order valence-corrected chi connectivity index (χ3v) is 6.39. The molecule has 0 unspecified atom stereocenters. The molecule has 182 valence electrons. The van der Waals surface area contributed by atoms with Crippen LogP contribution in [0.3, 0.4) is 0 Å². The van der Waals surface area contributed by atoms with Crippen molar-refractivity contribution < 1.29 is 39.7 Å². The monoisotopic (exact) mass is 471 g/mol. The molecular formula is C25H29NO8. The Hall–Kier alpha value is -2.55. The summed E-state index contributed by atoms with van der Waals surface area (Å²) in [5.41, 5.74) is 1.94. The fourth-order valence-electron chi connectivity index (χ4n) is 4.36. The van der Waals surface area contributed by atoms with Gasteiger partial charge in [-0.15, -0.1) is 0 Å². The van der Waals surface area contributed by atoms with Crippen molar-refractivity contribution in [1.82, 2.24) is 0 Å². The molecule has 0 spiro atoms. The summed E-state index contributed by atoms with van der Waals surface area (Å²) >= 11 is 0. The summed E-state index contributed by atoms with van der Waals surface area (Å²) in [5.74, 6) is -1.63. The van der Waals surface area contributed by atoms with Crippen molar-refractivity contribution in [3.8, 4) is 11.8 Å². The molecule has 2 heterocycles. The highest BCUT2D eigenvalue weighted by Gasteiger charge is 2.53. The van der Waals surface area contributed by atoms with Crippen molar-refractivity contribution in [3.05, 3.63) is 64.7 Å². The third kappa shape index (κ3) is 4.94. The van der Waals surface area contributed by atoms with Gasteiger partial charge in [0.2, 0.25) is 5.79 Å². The second-order valence-corrected chi connectivity index (χ2v) is 8.70. The molecule has 2 fully saturated rings. The zero-order chi connectivity index (χ0) is 24.3. The van der Waals surface area contributed by atoms with Gasteiger partial charge in [-0.3, -0.25) is 0 Å². The van der Waals surface area contributed by atoms with E-state index in [4.69, 9.17) is 14.2 Å². The number of rotatable bonds is 6. The molecule has 0 aliphatic carbocycles. The largest absolute Gasteiger partial charge is 0.490 e. The molecule has 0 saturated carbocycles. The molecule has 2 aromatic carbocycles. The van der Waals surface area contributed by atoms with Crippen LogP contribution in [0.5, 0.6) is 5.75 Å². The minimum absolute atomic E-state index is 0.0953. The van der Waals surface area contributed by atoms with E-state index in [1.807, 2.05) is 24.3 Å². The number of hydrogen-bond donors (Lipinski definition) is 5. The second-order valence-electron chi connectivity index (χ2n) is 8.70. The summed E-state index contributed by atoms with van der Waals surface area (Å²) in [4.78, 5) is 0. The van der Waals surface area contributed by atoms with Gasteiger partial charge in [0.25, 0.3) is 0 Å². The van der Waals surface area contributed by atoms with Crippen LogP contribution in [-0.4, -0.2) is 75.9 Å². The van der Waals surface area contributed by atoms with Gasteiger partial charge in [-0.1, -0.05) is 18.2 Å². The highest BCUT2D eigenvalue weighted by atomic mass is 16.7. The fraction of sp³-hybridized carbons (Fsp3) is 0.480. The van der Waals surface area contributed by atoms with E-state index in [9.17, 15) is 30.8 Å². The van der Waals surface area contributed by atoms with Gasteiger partial charge in [-0.2, -0.15) is 5.26 Å². The number of ether oxygens (including phenoxy) is 3. The lowest BCUT2D eigenvalue weighted by molar-refractivity contribution is -0.357. The van der Waals surface area contributed by atoms with Gasteiger partial charge in [-0.25, -0.2) is 0 Å². The molecule has 4 rings (SSSR count). The third-order valence-electron chi connectivity index (χ3n) is 6.39. The highest BCUT2D eigenvalue weighted by molar-refractivity contribution is 5.45. The first kappa shape index (κ1) is 24.6. The molecule has 2 aliphatic heterocycles. The molecule has 2 aromatic rings. The normalized spacial score (nSPS) is 30.0. The maximum Gasteiger partial charge on any atom is 0.222 e. The predicted octanol–water partition coefficient (Wildman–Crippen LogP) is 0.326. The van der Waals surface area contributed by atoms with E-state index in [-0.39, 0.29) is 11.7 Å². The number of nitriles is 1. The van der Waals surface area contributed by atoms with E-state index >= 15 is 0 Å². The first-order valence-corrected chi connectivity index (χ1v) is 11.3. The van der Waals surface area contributed by atoms with Crippen LogP contribution in [0, 0.1) is 11.3 Å². The van der Waals surface area contributed by atoms with Crippen molar-refractivity contribution in [2.24, 2.45) is 0 Å². The predicted molar refractivity (Wildman–Crippen MR) is 119 cm³/mol. The number of aliphatic hydroxyl groups is 5. The number of aliphatic hydroxyl groups excluding tert-OH is 4. The quantitative estimate of drug-likeness (QED) is 0.401. The van der Waals surface area contributed by atoms with Crippen molar-refractivity contribution in [2.75, 3.05) is 19.8 Å². The molecule has 34 heavy (non-hydrogen) atoms. The lowest BCUT2D eigenvalue weighted by atomic mass is 9.86. The molecule has 9 heteroatoms. The van der Waals surface area contributed by atoms with Crippen LogP contribution in [0.2, 0.25) is 0 Å². The fourth-order valence-corrected chi connectivity index (χ4v) is 4.36. The summed E-state index contributed by atoms with van der Waals surface area (Å²) in [6.07, 6.45) is -4.30. The van der Waals surface area contributed by atoms with Gasteiger partial charge in [0.1, 0.15) is 36.3 Å². The number of hydrogen-bond acceptors (Lipinski definition) is 9. The van der Waals surface area contributed by atoms with Gasteiger partial charge in [0, 0.05) is 18.4 Å². The van der Waals surface area contributed by atoms with Crippen LogP contribution in [0.4, 0.5) is 0 Å². The minimum atomic E-state index is -2.38. The van der Waals surface area contributed by atoms with Gasteiger partial charge < -0.3 is 39.7 Å². The van der Waals surface area contributed by atoms with Crippen molar-refractivity contribution in [2.45, 2.75) is 55.6 Å². The number of nitrogens with zero attached hydrogens (tertiary/aromatic N) is 1. The first-order chi connectivity index (χ1) is 16.4. The molecule has 0 radical (unpaired) electrons. The maximum absolute atomic E-state index is 11.1. The van der Waals surface area contributed by atoms with Gasteiger partial charge in [0.15, 0.2) is 0 Å². The van der Waals surface area contributed by atoms with E-state index in [0.717, 1.165) is 24.2 Å². The van der Waals surface area contributed by atoms with Crippen molar-refractivity contribution >= 4 is 0 Å². The van der Waals surface area contributed by atoms with Gasteiger partial charge in [-0.05, 0) is 41.8 Å². The summed E-state index contributed by atoms with van der Waals surface area (Å²) in [5, 5.41) is 60.7. The van der Waals surface area contributed by atoms with E-state index in [1.54, 1.807) is 0 Å². The molecular weight excluding hydrogens is 442 g/mol. The highest BCUT2D eigenvalue weighted by Crippen LogP contribution is 2.37. The summed E-state index contributed by atoms with van der Waals surface area (Å²) < 4.78 is 16.7. The smallest absolute Gasteiger partial charge is 0.222 e. The zero-order valence-electron chi connectivity index (χ0n) is 18.6. The Bertz CT molecular complexity index is 1010. The Balaban J connectivity index is 1.55. The maximum atomic E-state index is 11.1. The Morgan fingerprint density at radius 3 is 2.38 bits per heavy atom. The SMILES string of the molecule is N#Cc1ccc([C@@]2(O)O[C@H](CO)[C@@H](O)[C@H](O)[C@H]2O)cc1Cc1ccc(OC2CCOCC2)cc1. The molecule has 0 amide bonds. The lowest BCUT2D eigenvalue weighted by Crippen LogP contribution is -2.63. The molecule has 9 nitrogen and oxygen atoms in total. The summed E-state index contributed by atoms with van der Waals surface area (Å²) in [6, 6.07) is 14.1. The molecule has 5 N–H and O–H groups in total. The van der Waals surface area contributed by atoms with Crippen LogP contribution in [0.1, 0.15) is 35.1 Å². The Labute approximate surface area is 197 Å². The van der Waals surface area contributed by atoms with E-state index in [0.29, 0.717) is 30.8 Å². The Kier molecular flexibility index (Phi) is 7.50. The average molecular weight is 472 g/mol.